The molecule has 1 aromatic rings. The van der Waals surface area contributed by atoms with Crippen molar-refractivity contribution in [2.45, 2.75) is 18.3 Å². The third-order valence-corrected chi connectivity index (χ3v) is 4.19. The average Bonchev–Trinajstić information content (AvgIpc) is 2.77. The number of fused-ring (bicyclic) bond motifs is 2. The Bertz CT molecular complexity index is 488. The van der Waals surface area contributed by atoms with Crippen LogP contribution in [0.5, 0.6) is 0 Å². The Morgan fingerprint density at radius 2 is 1.95 bits per heavy atom. The summed E-state index contributed by atoms with van der Waals surface area (Å²) in [6.07, 6.45) is 2.31. The first-order chi connectivity index (χ1) is 8.75. The van der Waals surface area contributed by atoms with Crippen molar-refractivity contribution in [3.63, 3.8) is 0 Å². The second-order valence-corrected chi connectivity index (χ2v) is 5.14. The van der Waals surface area contributed by atoms with Crippen LogP contribution in [-0.4, -0.2) is 32.7 Å². The molecule has 0 atom stereocenters. The number of benzene rings is 1. The lowest BCUT2D eigenvalue weighted by Gasteiger charge is -2.33. The molecule has 0 aliphatic carbocycles. The standard InChI is InChI=1S/C14H18N2O2.2ClH/c1-18-13(17)10-2-3-11-12(8-10)16-9-14(11)4-6-15-7-5-14;;/h2-3,8,15-16H,4-7,9H2,1H3;2*1H. The second kappa shape index (κ2) is 6.66. The summed E-state index contributed by atoms with van der Waals surface area (Å²) >= 11 is 0. The van der Waals surface area contributed by atoms with Crippen LogP contribution in [0.3, 0.4) is 0 Å². The second-order valence-electron chi connectivity index (χ2n) is 5.14. The molecule has 1 fully saturated rings. The van der Waals surface area contributed by atoms with Crippen LogP contribution in [0.4, 0.5) is 5.69 Å². The summed E-state index contributed by atoms with van der Waals surface area (Å²) in [6, 6.07) is 5.88. The van der Waals surface area contributed by atoms with Gasteiger partial charge in [-0.15, -0.1) is 24.8 Å². The van der Waals surface area contributed by atoms with E-state index in [0.29, 0.717) is 5.56 Å². The summed E-state index contributed by atoms with van der Waals surface area (Å²) in [5, 5.41) is 6.85. The smallest absolute Gasteiger partial charge is 0.337 e. The summed E-state index contributed by atoms with van der Waals surface area (Å²) in [7, 11) is 1.41. The molecule has 1 saturated heterocycles. The number of piperidine rings is 1. The Hall–Kier alpha value is -0.970. The van der Waals surface area contributed by atoms with Crippen molar-refractivity contribution in [3.05, 3.63) is 29.3 Å². The molecule has 1 spiro atoms. The summed E-state index contributed by atoms with van der Waals surface area (Å²) < 4.78 is 4.76. The van der Waals surface area contributed by atoms with Crippen molar-refractivity contribution < 1.29 is 9.53 Å². The van der Waals surface area contributed by atoms with E-state index < -0.39 is 0 Å². The van der Waals surface area contributed by atoms with Crippen molar-refractivity contribution in [3.8, 4) is 0 Å². The zero-order chi connectivity index (χ0) is 12.6. The lowest BCUT2D eigenvalue weighted by molar-refractivity contribution is 0.0601. The van der Waals surface area contributed by atoms with Gasteiger partial charge < -0.3 is 15.4 Å². The predicted molar refractivity (Wildman–Crippen MR) is 84.5 cm³/mol. The zero-order valence-corrected chi connectivity index (χ0v) is 13.0. The van der Waals surface area contributed by atoms with E-state index in [0.717, 1.165) is 38.2 Å². The number of ether oxygens (including phenoxy) is 1. The minimum Gasteiger partial charge on any atom is -0.465 e. The number of hydrogen-bond donors (Lipinski definition) is 2. The average molecular weight is 319 g/mol. The highest BCUT2D eigenvalue weighted by molar-refractivity contribution is 5.91. The third kappa shape index (κ3) is 2.73. The van der Waals surface area contributed by atoms with Crippen LogP contribution in [0.15, 0.2) is 18.2 Å². The molecule has 20 heavy (non-hydrogen) atoms. The number of rotatable bonds is 1. The normalized spacial score (nSPS) is 18.2. The lowest BCUT2D eigenvalue weighted by Crippen LogP contribution is -2.41. The van der Waals surface area contributed by atoms with Gasteiger partial charge in [-0.2, -0.15) is 0 Å². The maximum Gasteiger partial charge on any atom is 0.337 e. The quantitative estimate of drug-likeness (QED) is 0.780. The van der Waals surface area contributed by atoms with Crippen LogP contribution in [0, 0.1) is 0 Å². The molecule has 0 amide bonds. The van der Waals surface area contributed by atoms with Gasteiger partial charge in [0.15, 0.2) is 0 Å². The molecule has 2 heterocycles. The van der Waals surface area contributed by atoms with Gasteiger partial charge >= 0.3 is 5.97 Å². The van der Waals surface area contributed by atoms with Crippen LogP contribution < -0.4 is 10.6 Å². The van der Waals surface area contributed by atoms with Gasteiger partial charge in [0.2, 0.25) is 0 Å². The third-order valence-electron chi connectivity index (χ3n) is 4.19. The Balaban J connectivity index is 0.000001000. The monoisotopic (exact) mass is 318 g/mol. The molecular formula is C14H20Cl2N2O2. The van der Waals surface area contributed by atoms with E-state index in [1.54, 1.807) is 0 Å². The highest BCUT2D eigenvalue weighted by atomic mass is 35.5. The van der Waals surface area contributed by atoms with Crippen LogP contribution >= 0.6 is 24.8 Å². The lowest BCUT2D eigenvalue weighted by atomic mass is 9.75. The predicted octanol–water partition coefficient (Wildman–Crippen LogP) is 2.36. The summed E-state index contributed by atoms with van der Waals surface area (Å²) in [5.74, 6) is -0.272. The van der Waals surface area contributed by atoms with Crippen molar-refractivity contribution in [2.75, 3.05) is 32.1 Å². The maximum absolute atomic E-state index is 11.5. The molecule has 112 valence electrons. The fraction of sp³-hybridized carbons (Fsp3) is 0.500. The van der Waals surface area contributed by atoms with Gasteiger partial charge in [0, 0.05) is 17.6 Å². The van der Waals surface area contributed by atoms with Gasteiger partial charge in [0.25, 0.3) is 0 Å². The number of nitrogens with one attached hydrogen (secondary N) is 2. The SMILES string of the molecule is COC(=O)c1ccc2c(c1)NCC21CCNCC1.Cl.Cl. The van der Waals surface area contributed by atoms with Crippen LogP contribution in [0.25, 0.3) is 0 Å². The minimum absolute atomic E-state index is 0. The summed E-state index contributed by atoms with van der Waals surface area (Å²) in [6.45, 7) is 3.12. The van der Waals surface area contributed by atoms with E-state index in [-0.39, 0.29) is 36.2 Å². The molecule has 0 bridgehead atoms. The number of esters is 1. The number of methoxy groups -OCH3 is 1. The van der Waals surface area contributed by atoms with Crippen LogP contribution in [0.1, 0.15) is 28.8 Å². The van der Waals surface area contributed by atoms with Gasteiger partial charge in [0.1, 0.15) is 0 Å². The fourth-order valence-electron chi connectivity index (χ4n) is 3.11. The summed E-state index contributed by atoms with van der Waals surface area (Å²) in [5.41, 5.74) is 3.33. The van der Waals surface area contributed by atoms with Crippen LogP contribution in [-0.2, 0) is 10.2 Å². The Morgan fingerprint density at radius 1 is 1.25 bits per heavy atom. The van der Waals surface area contributed by atoms with E-state index in [4.69, 9.17) is 4.74 Å². The van der Waals surface area contributed by atoms with Crippen molar-refractivity contribution >= 4 is 36.5 Å². The molecule has 0 radical (unpaired) electrons. The van der Waals surface area contributed by atoms with Crippen molar-refractivity contribution in [2.24, 2.45) is 0 Å². The first-order valence-electron chi connectivity index (χ1n) is 6.43. The van der Waals surface area contributed by atoms with E-state index >= 15 is 0 Å². The molecule has 1 aromatic carbocycles. The molecule has 2 aliphatic heterocycles. The topological polar surface area (TPSA) is 50.4 Å². The molecule has 2 N–H and O–H groups in total. The largest absolute Gasteiger partial charge is 0.465 e. The van der Waals surface area contributed by atoms with Gasteiger partial charge in [-0.3, -0.25) is 0 Å². The zero-order valence-electron chi connectivity index (χ0n) is 11.4. The van der Waals surface area contributed by atoms with E-state index in [2.05, 4.69) is 16.7 Å². The van der Waals surface area contributed by atoms with Gasteiger partial charge in [-0.05, 0) is 43.6 Å². The molecule has 3 rings (SSSR count). The molecule has 6 heteroatoms. The molecule has 0 aromatic heterocycles. The number of carbonyl (C=O) groups excluding carboxylic acids is 1. The van der Waals surface area contributed by atoms with E-state index in [1.807, 2.05) is 12.1 Å². The number of carbonyl (C=O) groups is 1. The molecular weight excluding hydrogens is 299 g/mol. The summed E-state index contributed by atoms with van der Waals surface area (Å²) in [4.78, 5) is 11.5. The van der Waals surface area contributed by atoms with Crippen LogP contribution in [0.2, 0.25) is 0 Å². The number of hydrogen-bond acceptors (Lipinski definition) is 4. The molecule has 0 saturated carbocycles. The molecule has 0 unspecified atom stereocenters. The minimum atomic E-state index is -0.272. The van der Waals surface area contributed by atoms with Crippen molar-refractivity contribution in [1.29, 1.82) is 0 Å². The number of anilines is 1. The first kappa shape index (κ1) is 17.1. The van der Waals surface area contributed by atoms with E-state index in [1.165, 1.54) is 12.7 Å². The number of halogens is 2. The maximum atomic E-state index is 11.5. The van der Waals surface area contributed by atoms with Gasteiger partial charge in [-0.25, -0.2) is 4.79 Å². The Labute approximate surface area is 131 Å². The Morgan fingerprint density at radius 3 is 2.60 bits per heavy atom. The fourth-order valence-corrected chi connectivity index (χ4v) is 3.11. The van der Waals surface area contributed by atoms with Gasteiger partial charge in [0.05, 0.1) is 12.7 Å². The van der Waals surface area contributed by atoms with Crippen molar-refractivity contribution in [1.82, 2.24) is 5.32 Å². The highest BCUT2D eigenvalue weighted by Crippen LogP contribution is 2.43. The molecule has 2 aliphatic rings. The molecule has 4 nitrogen and oxygen atoms in total. The Kier molecular flexibility index (Phi) is 5.68. The van der Waals surface area contributed by atoms with E-state index in [9.17, 15) is 4.79 Å². The van der Waals surface area contributed by atoms with Gasteiger partial charge in [-0.1, -0.05) is 6.07 Å². The highest BCUT2D eigenvalue weighted by Gasteiger charge is 2.39. The first-order valence-corrected chi connectivity index (χ1v) is 6.43.